The minimum atomic E-state index is 0. The van der Waals surface area contributed by atoms with E-state index in [2.05, 4.69) is 5.32 Å². The summed E-state index contributed by atoms with van der Waals surface area (Å²) >= 11 is 0. The zero-order chi connectivity index (χ0) is 5.98. The van der Waals surface area contributed by atoms with Gasteiger partial charge in [0.1, 0.15) is 5.78 Å². The van der Waals surface area contributed by atoms with Crippen LogP contribution in [0.25, 0.3) is 0 Å². The maximum atomic E-state index is 10.6. The van der Waals surface area contributed by atoms with E-state index in [1.165, 1.54) is 0 Å². The molecule has 2 nitrogen and oxygen atoms in total. The van der Waals surface area contributed by atoms with E-state index in [-0.39, 0.29) is 12.4 Å². The van der Waals surface area contributed by atoms with Crippen LogP contribution in [0.4, 0.5) is 0 Å². The second kappa shape index (κ2) is 3.85. The smallest absolute Gasteiger partial charge is 0.137 e. The summed E-state index contributed by atoms with van der Waals surface area (Å²) in [6, 6.07) is 0. The van der Waals surface area contributed by atoms with Crippen LogP contribution in [0.15, 0.2) is 0 Å². The second-order valence-corrected chi connectivity index (χ2v) is 2.26. The van der Waals surface area contributed by atoms with Crippen LogP contribution in [-0.2, 0) is 4.79 Å². The molecule has 9 heavy (non-hydrogen) atoms. The Morgan fingerprint density at radius 3 is 2.56 bits per heavy atom. The average molecular weight is 150 g/mol. The van der Waals surface area contributed by atoms with Crippen LogP contribution in [-0.4, -0.2) is 19.4 Å². The van der Waals surface area contributed by atoms with E-state index in [0.29, 0.717) is 11.7 Å². The number of Topliss-reactive ketones (excluding diaryl/α,β-unsaturated/α-hetero) is 1. The molecule has 1 aliphatic carbocycles. The highest BCUT2D eigenvalue weighted by Crippen LogP contribution is 2.20. The third kappa shape index (κ3) is 1.95. The van der Waals surface area contributed by atoms with Crippen molar-refractivity contribution >= 4 is 18.2 Å². The van der Waals surface area contributed by atoms with Crippen molar-refractivity contribution in [2.24, 2.45) is 5.92 Å². The summed E-state index contributed by atoms with van der Waals surface area (Å²) in [6.45, 7) is 0.874. The first-order chi connectivity index (χ1) is 3.84. The van der Waals surface area contributed by atoms with Gasteiger partial charge in [-0.25, -0.2) is 0 Å². The van der Waals surface area contributed by atoms with Crippen LogP contribution < -0.4 is 5.32 Å². The van der Waals surface area contributed by atoms with E-state index in [4.69, 9.17) is 0 Å². The molecule has 54 valence electrons. The molecule has 0 saturated heterocycles. The van der Waals surface area contributed by atoms with E-state index in [0.717, 1.165) is 19.4 Å². The van der Waals surface area contributed by atoms with Gasteiger partial charge in [0.25, 0.3) is 0 Å². The van der Waals surface area contributed by atoms with Gasteiger partial charge in [-0.05, 0) is 13.5 Å². The average Bonchev–Trinajstić information content (AvgIpc) is 1.79. The first-order valence-corrected chi connectivity index (χ1v) is 3.02. The summed E-state index contributed by atoms with van der Waals surface area (Å²) in [7, 11) is 1.88. The van der Waals surface area contributed by atoms with Crippen molar-refractivity contribution < 1.29 is 4.79 Å². The van der Waals surface area contributed by atoms with Gasteiger partial charge >= 0.3 is 0 Å². The highest BCUT2D eigenvalue weighted by molar-refractivity contribution is 5.86. The molecular formula is C6H12ClNO. The molecule has 0 heterocycles. The molecule has 3 heteroatoms. The molecule has 1 N–H and O–H groups in total. The van der Waals surface area contributed by atoms with Crippen molar-refractivity contribution in [2.75, 3.05) is 13.6 Å². The number of hydrogen-bond acceptors (Lipinski definition) is 2. The third-order valence-electron chi connectivity index (χ3n) is 1.65. The molecule has 0 spiro atoms. The number of halogens is 1. The van der Waals surface area contributed by atoms with Crippen molar-refractivity contribution in [3.05, 3.63) is 0 Å². The third-order valence-corrected chi connectivity index (χ3v) is 1.65. The summed E-state index contributed by atoms with van der Waals surface area (Å²) in [5.74, 6) is 0.777. The maximum Gasteiger partial charge on any atom is 0.137 e. The number of carbonyl (C=O) groups excluding carboxylic acids is 1. The van der Waals surface area contributed by atoms with Gasteiger partial charge in [-0.15, -0.1) is 12.4 Å². The molecule has 1 rings (SSSR count). The van der Waals surface area contributed by atoms with Gasteiger partial charge in [-0.1, -0.05) is 0 Å². The Labute approximate surface area is 61.4 Å². The molecule has 1 saturated carbocycles. The predicted octanol–water partition coefficient (Wildman–Crippen LogP) is 0.607. The first-order valence-electron chi connectivity index (χ1n) is 3.02. The van der Waals surface area contributed by atoms with E-state index in [1.54, 1.807) is 0 Å². The molecular weight excluding hydrogens is 138 g/mol. The molecule has 0 aromatic rings. The highest BCUT2D eigenvalue weighted by atomic mass is 35.5. The lowest BCUT2D eigenvalue weighted by atomic mass is 9.84. The molecule has 0 aromatic carbocycles. The SMILES string of the molecule is CNCC1CCC1=O.Cl. The highest BCUT2D eigenvalue weighted by Gasteiger charge is 2.26. The monoisotopic (exact) mass is 149 g/mol. The number of ketones is 1. The van der Waals surface area contributed by atoms with Gasteiger partial charge in [0.15, 0.2) is 0 Å². The molecule has 1 aliphatic rings. The molecule has 0 radical (unpaired) electrons. The van der Waals surface area contributed by atoms with Crippen LogP contribution in [0.3, 0.4) is 0 Å². The summed E-state index contributed by atoms with van der Waals surface area (Å²) in [5.41, 5.74) is 0. The first kappa shape index (κ1) is 8.92. The van der Waals surface area contributed by atoms with Crippen LogP contribution in [0, 0.1) is 5.92 Å². The Hall–Kier alpha value is -0.0800. The lowest BCUT2D eigenvalue weighted by Gasteiger charge is -2.22. The Bertz CT molecular complexity index is 105. The predicted molar refractivity (Wildman–Crippen MR) is 38.9 cm³/mol. The quantitative estimate of drug-likeness (QED) is 0.624. The summed E-state index contributed by atoms with van der Waals surface area (Å²) in [6.07, 6.45) is 1.91. The summed E-state index contributed by atoms with van der Waals surface area (Å²) in [4.78, 5) is 10.6. The largest absolute Gasteiger partial charge is 0.319 e. The number of nitrogens with one attached hydrogen (secondary N) is 1. The molecule has 1 atom stereocenters. The summed E-state index contributed by atoms with van der Waals surface area (Å²) < 4.78 is 0. The normalized spacial score (nSPS) is 24.6. The lowest BCUT2D eigenvalue weighted by molar-refractivity contribution is -0.128. The van der Waals surface area contributed by atoms with Gasteiger partial charge < -0.3 is 5.32 Å². The minimum absolute atomic E-state index is 0. The fourth-order valence-corrected chi connectivity index (χ4v) is 0.929. The molecule has 1 fully saturated rings. The van der Waals surface area contributed by atoms with Crippen molar-refractivity contribution in [1.82, 2.24) is 5.32 Å². The molecule has 0 amide bonds. The maximum absolute atomic E-state index is 10.6. The van der Waals surface area contributed by atoms with Crippen LogP contribution in [0.1, 0.15) is 12.8 Å². The zero-order valence-corrected chi connectivity index (χ0v) is 6.33. The Kier molecular flexibility index (Phi) is 3.82. The molecule has 0 aliphatic heterocycles. The van der Waals surface area contributed by atoms with Crippen molar-refractivity contribution in [3.63, 3.8) is 0 Å². The standard InChI is InChI=1S/C6H11NO.ClH/c1-7-4-5-2-3-6(5)8;/h5,7H,2-4H2,1H3;1H. The Balaban J connectivity index is 0.000000640. The van der Waals surface area contributed by atoms with Gasteiger partial charge in [0.2, 0.25) is 0 Å². The Morgan fingerprint density at radius 1 is 1.78 bits per heavy atom. The number of rotatable bonds is 2. The van der Waals surface area contributed by atoms with Crippen molar-refractivity contribution in [3.8, 4) is 0 Å². The molecule has 1 unspecified atom stereocenters. The Morgan fingerprint density at radius 2 is 2.44 bits per heavy atom. The second-order valence-electron chi connectivity index (χ2n) is 2.26. The fourth-order valence-electron chi connectivity index (χ4n) is 0.929. The molecule has 0 bridgehead atoms. The van der Waals surface area contributed by atoms with E-state index in [1.807, 2.05) is 7.05 Å². The molecule has 0 aromatic heterocycles. The van der Waals surface area contributed by atoms with Crippen molar-refractivity contribution in [2.45, 2.75) is 12.8 Å². The van der Waals surface area contributed by atoms with Crippen molar-refractivity contribution in [1.29, 1.82) is 0 Å². The number of carbonyl (C=O) groups is 1. The van der Waals surface area contributed by atoms with Gasteiger partial charge in [0, 0.05) is 18.9 Å². The van der Waals surface area contributed by atoms with E-state index in [9.17, 15) is 4.79 Å². The minimum Gasteiger partial charge on any atom is -0.319 e. The lowest BCUT2D eigenvalue weighted by Crippen LogP contribution is -2.33. The van der Waals surface area contributed by atoms with Crippen LogP contribution >= 0.6 is 12.4 Å². The van der Waals surface area contributed by atoms with E-state index >= 15 is 0 Å². The van der Waals surface area contributed by atoms with Gasteiger partial charge in [-0.3, -0.25) is 4.79 Å². The topological polar surface area (TPSA) is 29.1 Å². The van der Waals surface area contributed by atoms with Crippen LogP contribution in [0.5, 0.6) is 0 Å². The fraction of sp³-hybridized carbons (Fsp3) is 0.833. The van der Waals surface area contributed by atoms with E-state index < -0.39 is 0 Å². The zero-order valence-electron chi connectivity index (χ0n) is 5.52. The van der Waals surface area contributed by atoms with Crippen LogP contribution in [0.2, 0.25) is 0 Å². The van der Waals surface area contributed by atoms with Gasteiger partial charge in [0.05, 0.1) is 0 Å². The summed E-state index contributed by atoms with van der Waals surface area (Å²) in [5, 5.41) is 2.98. The van der Waals surface area contributed by atoms with Gasteiger partial charge in [-0.2, -0.15) is 0 Å². The number of hydrogen-bond donors (Lipinski definition) is 1.